The zero-order valence-corrected chi connectivity index (χ0v) is 15.0. The van der Waals surface area contributed by atoms with Crippen LogP contribution in [0.5, 0.6) is 0 Å². The van der Waals surface area contributed by atoms with Crippen LogP contribution in [-0.2, 0) is 24.2 Å². The summed E-state index contributed by atoms with van der Waals surface area (Å²) in [5, 5.41) is 10.2. The molecular weight excluding hydrogens is 334 g/mol. The van der Waals surface area contributed by atoms with E-state index in [2.05, 4.69) is 29.3 Å². The minimum absolute atomic E-state index is 0.0943. The fourth-order valence-electron chi connectivity index (χ4n) is 3.31. The van der Waals surface area contributed by atoms with Crippen LogP contribution in [0.2, 0.25) is 0 Å². The molecule has 1 aliphatic heterocycles. The third-order valence-corrected chi connectivity index (χ3v) is 5.59. The quantitative estimate of drug-likeness (QED) is 0.722. The maximum absolute atomic E-state index is 13.1. The van der Waals surface area contributed by atoms with Crippen molar-refractivity contribution in [3.63, 3.8) is 0 Å². The fraction of sp³-hybridized carbons (Fsp3) is 0.316. The molecule has 6 heteroatoms. The van der Waals surface area contributed by atoms with E-state index in [1.165, 1.54) is 16.0 Å². The lowest BCUT2D eigenvalue weighted by Gasteiger charge is -2.35. The average Bonchev–Trinajstić information content (AvgIpc) is 3.22. The Hall–Kier alpha value is -2.47. The van der Waals surface area contributed by atoms with Crippen molar-refractivity contribution in [1.29, 1.82) is 0 Å². The van der Waals surface area contributed by atoms with Gasteiger partial charge in [-0.25, -0.2) is 0 Å². The van der Waals surface area contributed by atoms with Crippen LogP contribution in [0.4, 0.5) is 0 Å². The number of hydrogen-bond acceptors (Lipinski definition) is 5. The van der Waals surface area contributed by atoms with Gasteiger partial charge in [-0.15, -0.1) is 21.5 Å². The summed E-state index contributed by atoms with van der Waals surface area (Å²) in [4.78, 5) is 16.1. The zero-order chi connectivity index (χ0) is 17.4. The Kier molecular flexibility index (Phi) is 4.13. The summed E-state index contributed by atoms with van der Waals surface area (Å²) in [6.45, 7) is 4.40. The number of aromatic nitrogens is 2. The number of hydrogen-bond donors (Lipinski definition) is 0. The average molecular weight is 353 g/mol. The molecule has 0 N–H and O–H groups in total. The molecule has 1 amide bonds. The van der Waals surface area contributed by atoms with Crippen LogP contribution in [0.15, 0.2) is 40.1 Å². The summed E-state index contributed by atoms with van der Waals surface area (Å²) >= 11 is 1.67. The van der Waals surface area contributed by atoms with Gasteiger partial charge in [0.25, 0.3) is 0 Å². The smallest absolute Gasteiger partial charge is 0.239 e. The highest BCUT2D eigenvalue weighted by molar-refractivity contribution is 7.10. The van der Waals surface area contributed by atoms with Crippen molar-refractivity contribution in [3.8, 4) is 0 Å². The van der Waals surface area contributed by atoms with Crippen LogP contribution < -0.4 is 0 Å². The van der Waals surface area contributed by atoms with Gasteiger partial charge in [0.1, 0.15) is 6.04 Å². The van der Waals surface area contributed by atoms with Crippen molar-refractivity contribution in [3.05, 3.63) is 69.1 Å². The number of fused-ring (bicyclic) bond motifs is 1. The van der Waals surface area contributed by atoms with Gasteiger partial charge in [-0.1, -0.05) is 24.3 Å². The largest absolute Gasteiger partial charge is 0.423 e. The van der Waals surface area contributed by atoms with Gasteiger partial charge in [0.15, 0.2) is 0 Å². The number of benzene rings is 1. The van der Waals surface area contributed by atoms with Crippen LogP contribution in [0, 0.1) is 13.8 Å². The van der Waals surface area contributed by atoms with E-state index in [0.717, 1.165) is 5.56 Å². The van der Waals surface area contributed by atoms with E-state index in [0.29, 0.717) is 31.2 Å². The van der Waals surface area contributed by atoms with E-state index in [-0.39, 0.29) is 11.9 Å². The van der Waals surface area contributed by atoms with Crippen molar-refractivity contribution in [2.24, 2.45) is 0 Å². The number of carbonyl (C=O) groups is 1. The molecule has 0 aliphatic carbocycles. The molecule has 0 radical (unpaired) electrons. The van der Waals surface area contributed by atoms with Gasteiger partial charge in [-0.2, -0.15) is 0 Å². The van der Waals surface area contributed by atoms with Crippen LogP contribution >= 0.6 is 11.3 Å². The summed E-state index contributed by atoms with van der Waals surface area (Å²) in [6, 6.07) is 10.1. The highest BCUT2D eigenvalue weighted by atomic mass is 32.1. The minimum Gasteiger partial charge on any atom is -0.423 e. The first-order valence-corrected chi connectivity index (χ1v) is 9.19. The molecular formula is C19H19N3O2S. The molecule has 1 aliphatic rings. The topological polar surface area (TPSA) is 59.2 Å². The Bertz CT molecular complexity index is 915. The standard InChI is InChI=1S/C19H19N3O2S/c1-12-14(7-8-25-12)10-18(23)22-11-16-6-4-3-5-15(16)9-17(22)19-21-20-13(2)24-19/h3-8,17H,9-11H2,1-2H3. The zero-order valence-electron chi connectivity index (χ0n) is 14.2. The SMILES string of the molecule is Cc1nnc(C2Cc3ccccc3CN2C(=O)Cc2ccsc2C)o1. The first-order chi connectivity index (χ1) is 12.1. The molecule has 25 heavy (non-hydrogen) atoms. The van der Waals surface area contributed by atoms with Crippen LogP contribution in [0.3, 0.4) is 0 Å². The van der Waals surface area contributed by atoms with Gasteiger partial charge in [0.05, 0.1) is 6.42 Å². The monoisotopic (exact) mass is 353 g/mol. The maximum Gasteiger partial charge on any atom is 0.239 e. The summed E-state index contributed by atoms with van der Waals surface area (Å²) in [6.07, 6.45) is 1.10. The number of amides is 1. The molecule has 0 fully saturated rings. The van der Waals surface area contributed by atoms with Gasteiger partial charge >= 0.3 is 0 Å². The summed E-state index contributed by atoms with van der Waals surface area (Å²) in [5.74, 6) is 1.13. The molecule has 0 saturated heterocycles. The van der Waals surface area contributed by atoms with Crippen molar-refractivity contribution in [2.75, 3.05) is 0 Å². The van der Waals surface area contributed by atoms with Crippen LogP contribution in [-0.4, -0.2) is 21.0 Å². The van der Waals surface area contributed by atoms with E-state index in [1.54, 1.807) is 18.3 Å². The normalized spacial score (nSPS) is 16.7. The molecule has 1 aromatic carbocycles. The Morgan fingerprint density at radius 2 is 2.04 bits per heavy atom. The van der Waals surface area contributed by atoms with Crippen molar-refractivity contribution < 1.29 is 9.21 Å². The molecule has 3 heterocycles. The predicted molar refractivity (Wildman–Crippen MR) is 95.2 cm³/mol. The molecule has 5 nitrogen and oxygen atoms in total. The van der Waals surface area contributed by atoms with Crippen molar-refractivity contribution >= 4 is 17.2 Å². The molecule has 1 atom stereocenters. The lowest BCUT2D eigenvalue weighted by atomic mass is 9.93. The fourth-order valence-corrected chi connectivity index (χ4v) is 4.04. The number of rotatable bonds is 3. The van der Waals surface area contributed by atoms with E-state index in [9.17, 15) is 4.79 Å². The summed E-state index contributed by atoms with van der Waals surface area (Å²) < 4.78 is 5.66. The van der Waals surface area contributed by atoms with Gasteiger partial charge in [0.2, 0.25) is 17.7 Å². The highest BCUT2D eigenvalue weighted by Gasteiger charge is 2.34. The number of carbonyl (C=O) groups excluding carboxylic acids is 1. The predicted octanol–water partition coefficient (Wildman–Crippen LogP) is 3.62. The minimum atomic E-state index is -0.206. The second kappa shape index (κ2) is 6.44. The third kappa shape index (κ3) is 3.09. The van der Waals surface area contributed by atoms with Crippen LogP contribution in [0.25, 0.3) is 0 Å². The van der Waals surface area contributed by atoms with Crippen molar-refractivity contribution in [2.45, 2.75) is 39.3 Å². The van der Waals surface area contributed by atoms with Crippen LogP contribution in [0.1, 0.15) is 39.4 Å². The second-order valence-electron chi connectivity index (χ2n) is 6.35. The molecule has 2 aromatic heterocycles. The molecule has 0 bridgehead atoms. The van der Waals surface area contributed by atoms with E-state index in [4.69, 9.17) is 4.42 Å². The second-order valence-corrected chi connectivity index (χ2v) is 7.47. The molecule has 0 spiro atoms. The molecule has 128 valence electrons. The molecule has 3 aromatic rings. The first-order valence-electron chi connectivity index (χ1n) is 8.31. The Balaban J connectivity index is 1.67. The Labute approximate surface area is 150 Å². The van der Waals surface area contributed by atoms with Gasteiger partial charge in [0, 0.05) is 24.8 Å². The Morgan fingerprint density at radius 3 is 2.72 bits per heavy atom. The highest BCUT2D eigenvalue weighted by Crippen LogP contribution is 2.33. The first kappa shape index (κ1) is 16.0. The number of thiophene rings is 1. The van der Waals surface area contributed by atoms with Gasteiger partial charge in [-0.05, 0) is 35.1 Å². The molecule has 0 saturated carbocycles. The van der Waals surface area contributed by atoms with E-state index < -0.39 is 0 Å². The maximum atomic E-state index is 13.1. The molecule has 4 rings (SSSR count). The van der Waals surface area contributed by atoms with Gasteiger partial charge < -0.3 is 9.32 Å². The number of aryl methyl sites for hydroxylation is 2. The van der Waals surface area contributed by atoms with Gasteiger partial charge in [-0.3, -0.25) is 4.79 Å². The van der Waals surface area contributed by atoms with Crippen molar-refractivity contribution in [1.82, 2.24) is 15.1 Å². The lowest BCUT2D eigenvalue weighted by molar-refractivity contribution is -0.134. The molecule has 1 unspecified atom stereocenters. The van der Waals surface area contributed by atoms with E-state index in [1.807, 2.05) is 28.5 Å². The number of nitrogens with zero attached hydrogens (tertiary/aromatic N) is 3. The Morgan fingerprint density at radius 1 is 1.24 bits per heavy atom. The third-order valence-electron chi connectivity index (χ3n) is 4.70. The van der Waals surface area contributed by atoms with E-state index >= 15 is 0 Å². The lowest BCUT2D eigenvalue weighted by Crippen LogP contribution is -2.40. The summed E-state index contributed by atoms with van der Waals surface area (Å²) in [5.41, 5.74) is 3.51. The summed E-state index contributed by atoms with van der Waals surface area (Å²) in [7, 11) is 0.